The van der Waals surface area contributed by atoms with Crippen molar-refractivity contribution in [3.8, 4) is 0 Å². The van der Waals surface area contributed by atoms with Crippen LogP contribution in [0, 0.1) is 0 Å². The minimum absolute atomic E-state index is 0.0217. The van der Waals surface area contributed by atoms with Crippen LogP contribution in [0.15, 0.2) is 42.7 Å². The molecule has 2 nitrogen and oxygen atoms in total. The number of nitrogens with one attached hydrogen (secondary N) is 1. The Labute approximate surface area is 111 Å². The number of nitrogens with zero attached hydrogens (tertiary/aromatic N) is 1. The van der Waals surface area contributed by atoms with Gasteiger partial charge in [0.25, 0.3) is 0 Å². The standard InChI is InChI=1S/C13H12Cl2N2/c1-16-13(9-3-2-6-17-8-9)11-5-4-10(14)7-12(11)15/h2-8,13,16H,1H3/t13-/m1/s1. The molecule has 0 aliphatic heterocycles. The Morgan fingerprint density at radius 1 is 1.24 bits per heavy atom. The van der Waals surface area contributed by atoms with Crippen molar-refractivity contribution < 1.29 is 0 Å². The van der Waals surface area contributed by atoms with E-state index in [1.165, 1.54) is 0 Å². The molecule has 1 aromatic carbocycles. The summed E-state index contributed by atoms with van der Waals surface area (Å²) in [6.45, 7) is 0. The normalized spacial score (nSPS) is 12.4. The molecule has 2 aromatic rings. The minimum atomic E-state index is 0.0217. The predicted molar refractivity (Wildman–Crippen MR) is 71.6 cm³/mol. The highest BCUT2D eigenvalue weighted by Gasteiger charge is 2.15. The summed E-state index contributed by atoms with van der Waals surface area (Å²) in [5.74, 6) is 0. The molecule has 1 N–H and O–H groups in total. The Bertz CT molecular complexity index is 500. The Hall–Kier alpha value is -1.09. The molecule has 88 valence electrons. The first-order chi connectivity index (χ1) is 8.22. The molecule has 2 rings (SSSR count). The smallest absolute Gasteiger partial charge is 0.0604 e. The highest BCUT2D eigenvalue weighted by Crippen LogP contribution is 2.29. The summed E-state index contributed by atoms with van der Waals surface area (Å²) in [6, 6.07) is 9.46. The van der Waals surface area contributed by atoms with Crippen LogP contribution in [-0.2, 0) is 0 Å². The molecule has 0 spiro atoms. The molecule has 1 atom stereocenters. The van der Waals surface area contributed by atoms with Crippen molar-refractivity contribution in [1.82, 2.24) is 10.3 Å². The Balaban J connectivity index is 2.42. The quantitative estimate of drug-likeness (QED) is 0.917. The van der Waals surface area contributed by atoms with Gasteiger partial charge in [-0.1, -0.05) is 35.3 Å². The zero-order valence-corrected chi connectivity index (χ0v) is 10.8. The summed E-state index contributed by atoms with van der Waals surface area (Å²) in [7, 11) is 1.89. The van der Waals surface area contributed by atoms with E-state index in [1.54, 1.807) is 12.3 Å². The fraction of sp³-hybridized carbons (Fsp3) is 0.154. The SMILES string of the molecule is CN[C@H](c1cccnc1)c1ccc(Cl)cc1Cl. The molecule has 0 unspecified atom stereocenters. The molecule has 0 saturated heterocycles. The Morgan fingerprint density at radius 3 is 2.65 bits per heavy atom. The van der Waals surface area contributed by atoms with Crippen LogP contribution in [0.25, 0.3) is 0 Å². The molecule has 1 aromatic heterocycles. The van der Waals surface area contributed by atoms with Gasteiger partial charge in [-0.2, -0.15) is 0 Å². The number of rotatable bonds is 3. The molecule has 0 fully saturated rings. The number of pyridine rings is 1. The molecule has 0 amide bonds. The third-order valence-corrected chi connectivity index (χ3v) is 3.14. The number of halogens is 2. The zero-order chi connectivity index (χ0) is 12.3. The van der Waals surface area contributed by atoms with Crippen LogP contribution in [0.3, 0.4) is 0 Å². The van der Waals surface area contributed by atoms with E-state index in [-0.39, 0.29) is 6.04 Å². The van der Waals surface area contributed by atoms with Crippen LogP contribution in [0.1, 0.15) is 17.2 Å². The highest BCUT2D eigenvalue weighted by molar-refractivity contribution is 6.35. The fourth-order valence-corrected chi connectivity index (χ4v) is 2.30. The summed E-state index contributed by atoms with van der Waals surface area (Å²) >= 11 is 12.1. The lowest BCUT2D eigenvalue weighted by atomic mass is 10.0. The van der Waals surface area contributed by atoms with Crippen molar-refractivity contribution in [2.45, 2.75) is 6.04 Å². The van der Waals surface area contributed by atoms with Gasteiger partial charge in [0.15, 0.2) is 0 Å². The van der Waals surface area contributed by atoms with E-state index in [9.17, 15) is 0 Å². The van der Waals surface area contributed by atoms with Gasteiger partial charge in [0.05, 0.1) is 6.04 Å². The van der Waals surface area contributed by atoms with Gasteiger partial charge in [0, 0.05) is 22.4 Å². The largest absolute Gasteiger partial charge is 0.309 e. The molecule has 0 bridgehead atoms. The molecule has 0 radical (unpaired) electrons. The first-order valence-electron chi connectivity index (χ1n) is 5.24. The van der Waals surface area contributed by atoms with Gasteiger partial charge in [-0.15, -0.1) is 0 Å². The first kappa shape index (κ1) is 12.4. The van der Waals surface area contributed by atoms with Crippen molar-refractivity contribution in [1.29, 1.82) is 0 Å². The number of hydrogen-bond acceptors (Lipinski definition) is 2. The Morgan fingerprint density at radius 2 is 2.06 bits per heavy atom. The first-order valence-corrected chi connectivity index (χ1v) is 6.00. The monoisotopic (exact) mass is 266 g/mol. The molecule has 0 saturated carbocycles. The molecule has 17 heavy (non-hydrogen) atoms. The maximum absolute atomic E-state index is 6.21. The number of benzene rings is 1. The van der Waals surface area contributed by atoms with Gasteiger partial charge in [0.1, 0.15) is 0 Å². The van der Waals surface area contributed by atoms with Crippen molar-refractivity contribution in [3.05, 3.63) is 63.9 Å². The molecule has 4 heteroatoms. The second-order valence-corrected chi connectivity index (χ2v) is 4.52. The molecule has 0 aliphatic carbocycles. The third kappa shape index (κ3) is 2.78. The van der Waals surface area contributed by atoms with Crippen molar-refractivity contribution >= 4 is 23.2 Å². The van der Waals surface area contributed by atoms with Gasteiger partial charge in [-0.3, -0.25) is 4.98 Å². The van der Waals surface area contributed by atoms with Crippen molar-refractivity contribution in [2.75, 3.05) is 7.05 Å². The average Bonchev–Trinajstić information content (AvgIpc) is 2.34. The molecule has 0 aliphatic rings. The van der Waals surface area contributed by atoms with Gasteiger partial charge in [-0.25, -0.2) is 0 Å². The fourth-order valence-electron chi connectivity index (χ4n) is 1.78. The minimum Gasteiger partial charge on any atom is -0.309 e. The van der Waals surface area contributed by atoms with E-state index in [0.717, 1.165) is 11.1 Å². The number of hydrogen-bond donors (Lipinski definition) is 1. The zero-order valence-electron chi connectivity index (χ0n) is 9.32. The predicted octanol–water partition coefficient (Wildman–Crippen LogP) is 3.70. The maximum Gasteiger partial charge on any atom is 0.0604 e. The van der Waals surface area contributed by atoms with Gasteiger partial charge < -0.3 is 5.32 Å². The number of aromatic nitrogens is 1. The average molecular weight is 267 g/mol. The second kappa shape index (κ2) is 5.50. The Kier molecular flexibility index (Phi) is 4.00. The lowest BCUT2D eigenvalue weighted by Crippen LogP contribution is -2.18. The van der Waals surface area contributed by atoms with E-state index in [2.05, 4.69) is 10.3 Å². The summed E-state index contributed by atoms with van der Waals surface area (Å²) in [5.41, 5.74) is 2.06. The summed E-state index contributed by atoms with van der Waals surface area (Å²) in [5, 5.41) is 4.52. The van der Waals surface area contributed by atoms with Crippen LogP contribution >= 0.6 is 23.2 Å². The summed E-state index contributed by atoms with van der Waals surface area (Å²) in [4.78, 5) is 4.12. The third-order valence-electron chi connectivity index (χ3n) is 2.58. The van der Waals surface area contributed by atoms with Crippen molar-refractivity contribution in [2.24, 2.45) is 0 Å². The van der Waals surface area contributed by atoms with E-state index in [1.807, 2.05) is 37.5 Å². The molecular formula is C13H12Cl2N2. The van der Waals surface area contributed by atoms with Crippen LogP contribution in [0.4, 0.5) is 0 Å². The topological polar surface area (TPSA) is 24.9 Å². The molecule has 1 heterocycles. The molecular weight excluding hydrogens is 255 g/mol. The van der Waals surface area contributed by atoms with Crippen LogP contribution < -0.4 is 5.32 Å². The van der Waals surface area contributed by atoms with Crippen LogP contribution in [0.2, 0.25) is 10.0 Å². The van der Waals surface area contributed by atoms with Gasteiger partial charge >= 0.3 is 0 Å². The highest BCUT2D eigenvalue weighted by atomic mass is 35.5. The summed E-state index contributed by atoms with van der Waals surface area (Å²) in [6.07, 6.45) is 3.58. The lowest BCUT2D eigenvalue weighted by molar-refractivity contribution is 0.689. The van der Waals surface area contributed by atoms with E-state index in [0.29, 0.717) is 10.0 Å². The van der Waals surface area contributed by atoms with E-state index >= 15 is 0 Å². The van der Waals surface area contributed by atoms with Gasteiger partial charge in [0.2, 0.25) is 0 Å². The van der Waals surface area contributed by atoms with Crippen LogP contribution in [-0.4, -0.2) is 12.0 Å². The lowest BCUT2D eigenvalue weighted by Gasteiger charge is -2.18. The van der Waals surface area contributed by atoms with Gasteiger partial charge in [-0.05, 0) is 36.4 Å². The summed E-state index contributed by atoms with van der Waals surface area (Å²) < 4.78 is 0. The van der Waals surface area contributed by atoms with E-state index < -0.39 is 0 Å². The van der Waals surface area contributed by atoms with Crippen molar-refractivity contribution in [3.63, 3.8) is 0 Å². The van der Waals surface area contributed by atoms with Crippen LogP contribution in [0.5, 0.6) is 0 Å². The van der Waals surface area contributed by atoms with E-state index in [4.69, 9.17) is 23.2 Å². The second-order valence-electron chi connectivity index (χ2n) is 3.67. The maximum atomic E-state index is 6.21.